The number of hydrogen-bond donors (Lipinski definition) is 1. The molecule has 0 spiro atoms. The van der Waals surface area contributed by atoms with Crippen molar-refractivity contribution in [2.45, 2.75) is 38.8 Å². The summed E-state index contributed by atoms with van der Waals surface area (Å²) in [5.41, 5.74) is 4.94. The Morgan fingerprint density at radius 3 is 2.66 bits per heavy atom. The minimum absolute atomic E-state index is 0.0262. The zero-order valence-electron chi connectivity index (χ0n) is 21.3. The number of hydrogen-bond acceptors (Lipinski definition) is 6. The first-order valence-corrected chi connectivity index (χ1v) is 13.1. The maximum atomic E-state index is 13.4. The van der Waals surface area contributed by atoms with Gasteiger partial charge in [0.15, 0.2) is 5.65 Å². The van der Waals surface area contributed by atoms with Crippen molar-refractivity contribution in [2.24, 2.45) is 0 Å². The summed E-state index contributed by atoms with van der Waals surface area (Å²) in [5, 5.41) is 3.65. The summed E-state index contributed by atoms with van der Waals surface area (Å²) in [4.78, 5) is 29.4. The van der Waals surface area contributed by atoms with Crippen LogP contribution in [-0.2, 0) is 13.0 Å². The highest BCUT2D eigenvalue weighted by Gasteiger charge is 2.22. The Morgan fingerprint density at radius 2 is 1.84 bits per heavy atom. The fourth-order valence-electron chi connectivity index (χ4n) is 5.27. The maximum Gasteiger partial charge on any atom is 0.261 e. The number of aryl methyl sites for hydroxylation is 1. The zero-order chi connectivity index (χ0) is 26.1. The third-order valence-corrected chi connectivity index (χ3v) is 7.39. The van der Waals surface area contributed by atoms with E-state index in [9.17, 15) is 9.18 Å². The average molecular weight is 512 g/mol. The van der Waals surface area contributed by atoms with Gasteiger partial charge in [-0.1, -0.05) is 18.2 Å². The Balaban J connectivity index is 1.11. The van der Waals surface area contributed by atoms with E-state index in [0.29, 0.717) is 18.6 Å². The minimum atomic E-state index is -0.246. The number of nitrogens with zero attached hydrogens (tertiary/aromatic N) is 6. The molecule has 0 bridgehead atoms. The van der Waals surface area contributed by atoms with Crippen molar-refractivity contribution in [2.75, 3.05) is 25.0 Å². The first-order valence-electron chi connectivity index (χ1n) is 13.1. The van der Waals surface area contributed by atoms with Crippen LogP contribution in [0.2, 0.25) is 0 Å². The molecular formula is C29H30FN7O. The van der Waals surface area contributed by atoms with Crippen LogP contribution in [0.1, 0.15) is 29.7 Å². The van der Waals surface area contributed by atoms with Crippen LogP contribution in [0.15, 0.2) is 71.8 Å². The van der Waals surface area contributed by atoms with Gasteiger partial charge in [0.05, 0.1) is 6.54 Å². The van der Waals surface area contributed by atoms with Gasteiger partial charge in [-0.2, -0.15) is 0 Å². The lowest BCUT2D eigenvalue weighted by molar-refractivity contribution is 0.220. The van der Waals surface area contributed by atoms with Crippen LogP contribution in [0.5, 0.6) is 0 Å². The average Bonchev–Trinajstić information content (AvgIpc) is 3.27. The molecule has 194 valence electrons. The normalized spacial score (nSPS) is 14.9. The van der Waals surface area contributed by atoms with Gasteiger partial charge in [0.25, 0.3) is 5.56 Å². The van der Waals surface area contributed by atoms with E-state index in [0.717, 1.165) is 66.4 Å². The summed E-state index contributed by atoms with van der Waals surface area (Å²) in [6, 6.07) is 16.3. The summed E-state index contributed by atoms with van der Waals surface area (Å²) >= 11 is 0. The van der Waals surface area contributed by atoms with Gasteiger partial charge in [-0.25, -0.2) is 19.3 Å². The van der Waals surface area contributed by atoms with Crippen LogP contribution >= 0.6 is 0 Å². The number of fused-ring (bicyclic) bond motifs is 2. The number of likely N-dealkylation sites (tertiary alicyclic amines) is 1. The van der Waals surface area contributed by atoms with E-state index in [1.807, 2.05) is 37.3 Å². The Labute approximate surface area is 219 Å². The van der Waals surface area contributed by atoms with Crippen LogP contribution in [-0.4, -0.2) is 54.5 Å². The Kier molecular flexibility index (Phi) is 6.59. The number of aromatic nitrogens is 5. The van der Waals surface area contributed by atoms with Gasteiger partial charge < -0.3 is 10.2 Å². The largest absolute Gasteiger partial charge is 0.353 e. The summed E-state index contributed by atoms with van der Waals surface area (Å²) in [7, 11) is 0. The summed E-state index contributed by atoms with van der Waals surface area (Å²) < 4.78 is 17.1. The highest BCUT2D eigenvalue weighted by molar-refractivity contribution is 5.74. The molecule has 0 radical (unpaired) electrons. The lowest BCUT2D eigenvalue weighted by Crippen LogP contribution is -2.41. The third kappa shape index (κ3) is 4.89. The van der Waals surface area contributed by atoms with E-state index in [4.69, 9.17) is 4.98 Å². The first kappa shape index (κ1) is 24.2. The van der Waals surface area contributed by atoms with Crippen molar-refractivity contribution in [1.82, 2.24) is 28.8 Å². The second-order valence-corrected chi connectivity index (χ2v) is 9.91. The van der Waals surface area contributed by atoms with Crippen molar-refractivity contribution >= 4 is 22.8 Å². The molecule has 0 unspecified atom stereocenters. The topological polar surface area (TPSA) is 80.4 Å². The van der Waals surface area contributed by atoms with Gasteiger partial charge in [0.1, 0.15) is 17.0 Å². The fraction of sp³-hybridized carbons (Fsp3) is 0.310. The van der Waals surface area contributed by atoms with Crippen LogP contribution in [0.4, 0.5) is 10.3 Å². The molecule has 1 aromatic carbocycles. The minimum Gasteiger partial charge on any atom is -0.353 e. The molecule has 0 aliphatic carbocycles. The Morgan fingerprint density at radius 1 is 1.03 bits per heavy atom. The lowest BCUT2D eigenvalue weighted by atomic mass is 10.0. The van der Waals surface area contributed by atoms with E-state index in [-0.39, 0.29) is 17.4 Å². The van der Waals surface area contributed by atoms with Gasteiger partial charge in [-0.3, -0.25) is 13.8 Å². The molecule has 5 heterocycles. The van der Waals surface area contributed by atoms with E-state index in [1.165, 1.54) is 12.1 Å². The molecule has 6 rings (SSSR count). The number of imidazole rings is 1. The van der Waals surface area contributed by atoms with Crippen LogP contribution < -0.4 is 10.9 Å². The van der Waals surface area contributed by atoms with Gasteiger partial charge in [0.2, 0.25) is 5.95 Å². The second-order valence-electron chi connectivity index (χ2n) is 9.91. The molecule has 1 fully saturated rings. The van der Waals surface area contributed by atoms with Crippen molar-refractivity contribution in [1.29, 1.82) is 0 Å². The van der Waals surface area contributed by atoms with Gasteiger partial charge in [0, 0.05) is 49.3 Å². The van der Waals surface area contributed by atoms with Crippen LogP contribution in [0.25, 0.3) is 16.8 Å². The molecule has 0 atom stereocenters. The number of rotatable bonds is 7. The number of piperidine rings is 1. The molecular weight excluding hydrogens is 481 g/mol. The molecule has 5 aromatic rings. The first-order chi connectivity index (χ1) is 18.5. The lowest BCUT2D eigenvalue weighted by Gasteiger charge is -2.32. The van der Waals surface area contributed by atoms with Crippen molar-refractivity contribution in [3.63, 3.8) is 0 Å². The van der Waals surface area contributed by atoms with Crippen molar-refractivity contribution < 1.29 is 4.39 Å². The fourth-order valence-corrected chi connectivity index (χ4v) is 5.27. The molecule has 9 heteroatoms. The standard InChI is InChI=1S/C29H30FN7O/c1-20-24(28(38)36-15-3-2-6-26(36)32-20)13-18-35-16-11-23(12-17-35)33-29-34-25-5-4-14-31-27(25)37(29)19-21-7-9-22(30)10-8-21/h2-10,14-15,23H,11-13,16-19H2,1H3,(H,33,34). The second kappa shape index (κ2) is 10.3. The highest BCUT2D eigenvalue weighted by Crippen LogP contribution is 2.23. The molecule has 0 amide bonds. The molecule has 1 saturated heterocycles. The van der Waals surface area contributed by atoms with E-state index in [1.54, 1.807) is 28.9 Å². The molecule has 1 N–H and O–H groups in total. The smallest absolute Gasteiger partial charge is 0.261 e. The molecule has 8 nitrogen and oxygen atoms in total. The monoisotopic (exact) mass is 511 g/mol. The molecule has 1 aliphatic heterocycles. The quantitative estimate of drug-likeness (QED) is 0.355. The molecule has 4 aromatic heterocycles. The molecule has 0 saturated carbocycles. The number of pyridine rings is 2. The van der Waals surface area contributed by atoms with Gasteiger partial charge in [-0.05, 0) is 68.1 Å². The predicted octanol–water partition coefficient (Wildman–Crippen LogP) is 4.05. The van der Waals surface area contributed by atoms with E-state index in [2.05, 4.69) is 24.8 Å². The van der Waals surface area contributed by atoms with E-state index < -0.39 is 0 Å². The number of benzene rings is 1. The zero-order valence-corrected chi connectivity index (χ0v) is 21.3. The molecule has 1 aliphatic rings. The van der Waals surface area contributed by atoms with E-state index >= 15 is 0 Å². The maximum absolute atomic E-state index is 13.4. The van der Waals surface area contributed by atoms with Crippen molar-refractivity contribution in [3.05, 3.63) is 100.0 Å². The van der Waals surface area contributed by atoms with Crippen molar-refractivity contribution in [3.8, 4) is 0 Å². The van der Waals surface area contributed by atoms with Crippen LogP contribution in [0, 0.1) is 12.7 Å². The van der Waals surface area contributed by atoms with Crippen LogP contribution in [0.3, 0.4) is 0 Å². The SMILES string of the molecule is Cc1nc2ccccn2c(=O)c1CCN1CCC(Nc2nc3cccnc3n2Cc2ccc(F)cc2)CC1. The number of nitrogens with one attached hydrogen (secondary N) is 1. The summed E-state index contributed by atoms with van der Waals surface area (Å²) in [5.74, 6) is 0.539. The third-order valence-electron chi connectivity index (χ3n) is 7.39. The predicted molar refractivity (Wildman–Crippen MR) is 146 cm³/mol. The Bertz CT molecular complexity index is 1640. The molecule has 38 heavy (non-hydrogen) atoms. The van der Waals surface area contributed by atoms with Gasteiger partial charge in [-0.15, -0.1) is 0 Å². The number of anilines is 1. The number of halogens is 1. The Hall–Kier alpha value is -4.11. The van der Waals surface area contributed by atoms with Gasteiger partial charge >= 0.3 is 0 Å². The summed E-state index contributed by atoms with van der Waals surface area (Å²) in [6.07, 6.45) is 6.19. The highest BCUT2D eigenvalue weighted by atomic mass is 19.1. The summed E-state index contributed by atoms with van der Waals surface area (Å²) in [6.45, 7) is 5.19.